The van der Waals surface area contributed by atoms with Crippen LogP contribution in [0.25, 0.3) is 0 Å². The second-order valence-electron chi connectivity index (χ2n) is 11.2. The van der Waals surface area contributed by atoms with Gasteiger partial charge in [0.1, 0.15) is 0 Å². The van der Waals surface area contributed by atoms with Gasteiger partial charge in [0.15, 0.2) is 0 Å². The molecule has 0 heterocycles. The molecular formula is C28H38. The summed E-state index contributed by atoms with van der Waals surface area (Å²) in [6.07, 6.45) is 0. The number of hydrogen-bond donors (Lipinski definition) is 0. The molecule has 4 aliphatic rings. The summed E-state index contributed by atoms with van der Waals surface area (Å²) < 4.78 is 0. The van der Waals surface area contributed by atoms with Gasteiger partial charge < -0.3 is 0 Å². The molecule has 0 fully saturated rings. The Morgan fingerprint density at radius 2 is 0.643 bits per heavy atom. The fourth-order valence-corrected chi connectivity index (χ4v) is 8.40. The van der Waals surface area contributed by atoms with Gasteiger partial charge in [-0.3, -0.25) is 0 Å². The third-order valence-corrected chi connectivity index (χ3v) is 9.63. The first-order chi connectivity index (χ1) is 13.1. The van der Waals surface area contributed by atoms with Crippen LogP contribution in [0.3, 0.4) is 0 Å². The highest BCUT2D eigenvalue weighted by atomic mass is 14.6. The van der Waals surface area contributed by atoms with Crippen molar-refractivity contribution in [2.45, 2.75) is 92.9 Å². The summed E-state index contributed by atoms with van der Waals surface area (Å²) in [5, 5.41) is 0. The van der Waals surface area contributed by atoms with Crippen molar-refractivity contribution in [1.82, 2.24) is 0 Å². The minimum absolute atomic E-state index is 0.672. The summed E-state index contributed by atoms with van der Waals surface area (Å²) in [7, 11) is 0. The van der Waals surface area contributed by atoms with Crippen LogP contribution < -0.4 is 0 Å². The molecule has 4 aliphatic carbocycles. The number of benzene rings is 1. The van der Waals surface area contributed by atoms with Crippen molar-refractivity contribution >= 4 is 0 Å². The smallest absolute Gasteiger partial charge is 0.00936 e. The first-order valence-corrected chi connectivity index (χ1v) is 11.6. The molecule has 0 saturated heterocycles. The van der Waals surface area contributed by atoms with E-state index in [0.29, 0.717) is 23.7 Å². The lowest BCUT2D eigenvalue weighted by atomic mass is 9.74. The van der Waals surface area contributed by atoms with Crippen LogP contribution in [-0.4, -0.2) is 0 Å². The van der Waals surface area contributed by atoms with Gasteiger partial charge in [-0.2, -0.15) is 0 Å². The van der Waals surface area contributed by atoms with E-state index >= 15 is 0 Å². The summed E-state index contributed by atoms with van der Waals surface area (Å²) in [5.41, 5.74) is 17.1. The number of fused-ring (bicyclic) bond motifs is 10. The second kappa shape index (κ2) is 5.65. The van der Waals surface area contributed by atoms with Crippen molar-refractivity contribution in [1.29, 1.82) is 0 Å². The largest absolute Gasteiger partial charge is 0.0659 e. The number of allylic oxidation sites excluding steroid dienone is 4. The first kappa shape index (κ1) is 18.7. The molecule has 0 radical (unpaired) electrons. The van der Waals surface area contributed by atoms with Crippen LogP contribution in [0.2, 0.25) is 0 Å². The van der Waals surface area contributed by atoms with Gasteiger partial charge in [-0.05, 0) is 98.6 Å². The highest BCUT2D eigenvalue weighted by molar-refractivity contribution is 5.70. The average molecular weight is 375 g/mol. The Hall–Kier alpha value is -1.30. The summed E-state index contributed by atoms with van der Waals surface area (Å²) in [6, 6.07) is 0. The highest BCUT2D eigenvalue weighted by Gasteiger charge is 2.56. The fraction of sp³-hybridized carbons (Fsp3) is 0.643. The Morgan fingerprint density at radius 3 is 0.821 bits per heavy atom. The van der Waals surface area contributed by atoms with Crippen molar-refractivity contribution < 1.29 is 0 Å². The normalized spacial score (nSPS) is 35.1. The van der Waals surface area contributed by atoms with E-state index in [0.717, 1.165) is 23.7 Å². The summed E-state index contributed by atoms with van der Waals surface area (Å²) in [6.45, 7) is 24.5. The number of hydrogen-bond acceptors (Lipinski definition) is 0. The van der Waals surface area contributed by atoms with E-state index < -0.39 is 0 Å². The second-order valence-corrected chi connectivity index (χ2v) is 11.2. The zero-order valence-electron chi connectivity index (χ0n) is 19.6. The molecule has 0 unspecified atom stereocenters. The van der Waals surface area contributed by atoms with E-state index in [9.17, 15) is 0 Å². The maximum absolute atomic E-state index is 2.48. The van der Waals surface area contributed by atoms with E-state index in [1.807, 2.05) is 0 Å². The van der Waals surface area contributed by atoms with Crippen LogP contribution in [0.1, 0.15) is 112 Å². The SMILES string of the molecule is CC1=C(C)[C@@H]2c3c(C)c4c(c(C)c3[C@@H]1C2C(C)C)[C@@H]1C(C)=C(C)[C@@H]4C1C(C)C. The van der Waals surface area contributed by atoms with Crippen LogP contribution >= 0.6 is 0 Å². The van der Waals surface area contributed by atoms with E-state index in [2.05, 4.69) is 69.2 Å². The highest BCUT2D eigenvalue weighted by Crippen LogP contribution is 2.69. The van der Waals surface area contributed by atoms with E-state index in [1.54, 1.807) is 55.7 Å². The standard InChI is InChI=1S/C28H38/c1-11(2)19-21-13(5)14(6)22(19)26-18(10)28-24-16(8)15(7)23(20(24)12(3)4)27(28)17(9)25(21)26/h11-12,19-24H,1-10H3/t19?,20?,21-,22-,23+,24+. The van der Waals surface area contributed by atoms with Gasteiger partial charge in [-0.15, -0.1) is 0 Å². The van der Waals surface area contributed by atoms with Crippen LogP contribution in [0, 0.1) is 37.5 Å². The Kier molecular flexibility index (Phi) is 3.77. The topological polar surface area (TPSA) is 0 Å². The van der Waals surface area contributed by atoms with Gasteiger partial charge in [0, 0.05) is 23.7 Å². The van der Waals surface area contributed by atoms with Crippen LogP contribution in [0.5, 0.6) is 0 Å². The Balaban J connectivity index is 1.80. The molecule has 1 aromatic carbocycles. The van der Waals surface area contributed by atoms with E-state index in [1.165, 1.54) is 0 Å². The minimum Gasteiger partial charge on any atom is -0.0659 e. The lowest BCUT2D eigenvalue weighted by Gasteiger charge is -2.30. The first-order valence-electron chi connectivity index (χ1n) is 11.6. The molecule has 150 valence electrons. The summed E-state index contributed by atoms with van der Waals surface area (Å²) in [4.78, 5) is 0. The van der Waals surface area contributed by atoms with Crippen molar-refractivity contribution in [3.05, 3.63) is 55.7 Å². The molecule has 0 spiro atoms. The van der Waals surface area contributed by atoms with E-state index in [-0.39, 0.29) is 0 Å². The van der Waals surface area contributed by atoms with Crippen molar-refractivity contribution in [3.8, 4) is 0 Å². The summed E-state index contributed by atoms with van der Waals surface area (Å²) >= 11 is 0. The lowest BCUT2D eigenvalue weighted by Crippen LogP contribution is -2.15. The molecule has 0 N–H and O–H groups in total. The molecule has 4 bridgehead atoms. The zero-order valence-corrected chi connectivity index (χ0v) is 19.6. The van der Waals surface area contributed by atoms with Gasteiger partial charge in [-0.25, -0.2) is 0 Å². The van der Waals surface area contributed by atoms with Gasteiger partial charge >= 0.3 is 0 Å². The molecule has 5 rings (SSSR count). The molecule has 1 aromatic rings. The monoisotopic (exact) mass is 374 g/mol. The predicted octanol–water partition coefficient (Wildman–Crippen LogP) is 7.91. The Morgan fingerprint density at radius 1 is 0.429 bits per heavy atom. The predicted molar refractivity (Wildman–Crippen MR) is 120 cm³/mol. The molecule has 0 aliphatic heterocycles. The molecular weight excluding hydrogens is 336 g/mol. The average Bonchev–Trinajstić information content (AvgIpc) is 3.29. The fourth-order valence-electron chi connectivity index (χ4n) is 8.40. The van der Waals surface area contributed by atoms with Gasteiger partial charge in [0.05, 0.1) is 0 Å². The Labute approximate surface area is 172 Å². The molecule has 0 nitrogen and oxygen atoms in total. The maximum Gasteiger partial charge on any atom is 0.00936 e. The molecule has 4 atom stereocenters. The van der Waals surface area contributed by atoms with Gasteiger partial charge in [-0.1, -0.05) is 50.0 Å². The van der Waals surface area contributed by atoms with E-state index in [4.69, 9.17) is 0 Å². The maximum atomic E-state index is 2.48. The quantitative estimate of drug-likeness (QED) is 0.461. The van der Waals surface area contributed by atoms with Crippen LogP contribution in [0.4, 0.5) is 0 Å². The van der Waals surface area contributed by atoms with Crippen LogP contribution in [0.15, 0.2) is 22.3 Å². The van der Waals surface area contributed by atoms with Crippen LogP contribution in [-0.2, 0) is 0 Å². The van der Waals surface area contributed by atoms with Crippen molar-refractivity contribution in [2.75, 3.05) is 0 Å². The third kappa shape index (κ3) is 1.85. The lowest BCUT2D eigenvalue weighted by molar-refractivity contribution is 0.353. The minimum atomic E-state index is 0.672. The molecule has 0 aromatic heterocycles. The third-order valence-electron chi connectivity index (χ3n) is 9.63. The zero-order chi connectivity index (χ0) is 20.4. The van der Waals surface area contributed by atoms with Crippen molar-refractivity contribution in [2.24, 2.45) is 23.7 Å². The number of rotatable bonds is 2. The summed E-state index contributed by atoms with van der Waals surface area (Å²) in [5.74, 6) is 5.73. The molecule has 0 saturated carbocycles. The molecule has 28 heavy (non-hydrogen) atoms. The molecule has 0 amide bonds. The van der Waals surface area contributed by atoms with Gasteiger partial charge in [0.25, 0.3) is 0 Å². The Bertz CT molecular complexity index is 820. The van der Waals surface area contributed by atoms with Crippen molar-refractivity contribution in [3.63, 3.8) is 0 Å². The molecule has 0 heteroatoms. The van der Waals surface area contributed by atoms with Gasteiger partial charge in [0.2, 0.25) is 0 Å².